The lowest BCUT2D eigenvalue weighted by atomic mass is 10.1. The molecule has 0 amide bonds. The van der Waals surface area contributed by atoms with Crippen molar-refractivity contribution < 1.29 is 9.15 Å². The molecule has 5 nitrogen and oxygen atoms in total. The minimum atomic E-state index is -0.275. The van der Waals surface area contributed by atoms with Gasteiger partial charge in [0.2, 0.25) is 11.8 Å². The number of hydrogen-bond donors (Lipinski definition) is 1. The average molecular weight is 255 g/mol. The van der Waals surface area contributed by atoms with Crippen LogP contribution in [0.1, 0.15) is 58.4 Å². The molecule has 18 heavy (non-hydrogen) atoms. The molecular weight excluding hydrogens is 230 g/mol. The first-order valence-corrected chi connectivity index (χ1v) is 6.63. The Hall–Kier alpha value is -0.940. The van der Waals surface area contributed by atoms with E-state index in [0.717, 1.165) is 19.4 Å². The minimum absolute atomic E-state index is 0.150. The van der Waals surface area contributed by atoms with E-state index in [1.807, 2.05) is 13.8 Å². The van der Waals surface area contributed by atoms with Crippen molar-refractivity contribution in [1.29, 1.82) is 0 Å². The van der Waals surface area contributed by atoms with Crippen LogP contribution in [-0.2, 0) is 11.2 Å². The summed E-state index contributed by atoms with van der Waals surface area (Å²) in [5, 5.41) is 11.6. The SMILES string of the molecule is CCCNC(CC)c1nnc(CC(C)(C)OC)o1. The number of hydrogen-bond acceptors (Lipinski definition) is 5. The van der Waals surface area contributed by atoms with Crippen molar-refractivity contribution in [2.45, 2.75) is 58.6 Å². The van der Waals surface area contributed by atoms with E-state index in [4.69, 9.17) is 9.15 Å². The molecule has 5 heteroatoms. The lowest BCUT2D eigenvalue weighted by Crippen LogP contribution is -2.25. The molecule has 0 saturated carbocycles. The molecule has 1 unspecified atom stereocenters. The molecule has 0 aliphatic heterocycles. The Balaban J connectivity index is 2.66. The van der Waals surface area contributed by atoms with E-state index in [2.05, 4.69) is 29.4 Å². The Morgan fingerprint density at radius 3 is 2.61 bits per heavy atom. The number of nitrogens with zero attached hydrogens (tertiary/aromatic N) is 2. The van der Waals surface area contributed by atoms with Crippen LogP contribution in [-0.4, -0.2) is 29.5 Å². The molecule has 1 heterocycles. The van der Waals surface area contributed by atoms with Gasteiger partial charge in [-0.1, -0.05) is 13.8 Å². The van der Waals surface area contributed by atoms with Gasteiger partial charge in [0, 0.05) is 7.11 Å². The fourth-order valence-electron chi connectivity index (χ4n) is 1.64. The van der Waals surface area contributed by atoms with Crippen molar-refractivity contribution in [3.63, 3.8) is 0 Å². The molecule has 1 aromatic heterocycles. The molecule has 0 spiro atoms. The van der Waals surface area contributed by atoms with Crippen LogP contribution in [0.2, 0.25) is 0 Å². The molecule has 0 aromatic carbocycles. The monoisotopic (exact) mass is 255 g/mol. The molecule has 0 saturated heterocycles. The van der Waals surface area contributed by atoms with Crippen molar-refractivity contribution in [2.75, 3.05) is 13.7 Å². The van der Waals surface area contributed by atoms with Gasteiger partial charge in [-0.25, -0.2) is 0 Å². The summed E-state index contributed by atoms with van der Waals surface area (Å²) >= 11 is 0. The van der Waals surface area contributed by atoms with Crippen LogP contribution < -0.4 is 5.32 Å². The molecule has 0 aliphatic carbocycles. The molecule has 0 radical (unpaired) electrons. The Bertz CT molecular complexity index is 350. The van der Waals surface area contributed by atoms with Gasteiger partial charge in [0.1, 0.15) is 0 Å². The first kappa shape index (κ1) is 15.1. The Labute approximate surface area is 109 Å². The second-order valence-corrected chi connectivity index (χ2v) is 5.09. The quantitative estimate of drug-likeness (QED) is 0.773. The minimum Gasteiger partial charge on any atom is -0.423 e. The van der Waals surface area contributed by atoms with Gasteiger partial charge < -0.3 is 14.5 Å². The van der Waals surface area contributed by atoms with E-state index in [-0.39, 0.29) is 11.6 Å². The van der Waals surface area contributed by atoms with Crippen molar-refractivity contribution in [3.05, 3.63) is 11.8 Å². The first-order chi connectivity index (χ1) is 8.52. The van der Waals surface area contributed by atoms with Gasteiger partial charge in [0.25, 0.3) is 0 Å². The number of methoxy groups -OCH3 is 1. The van der Waals surface area contributed by atoms with Crippen molar-refractivity contribution >= 4 is 0 Å². The van der Waals surface area contributed by atoms with E-state index in [1.165, 1.54) is 0 Å². The van der Waals surface area contributed by atoms with Gasteiger partial charge in [-0.05, 0) is 33.2 Å². The second kappa shape index (κ2) is 6.85. The van der Waals surface area contributed by atoms with Crippen molar-refractivity contribution in [1.82, 2.24) is 15.5 Å². The maximum atomic E-state index is 5.71. The predicted molar refractivity (Wildman–Crippen MR) is 70.4 cm³/mol. The fourth-order valence-corrected chi connectivity index (χ4v) is 1.64. The normalized spacial score (nSPS) is 13.8. The third-order valence-corrected chi connectivity index (χ3v) is 2.96. The highest BCUT2D eigenvalue weighted by Crippen LogP contribution is 2.19. The standard InChI is InChI=1S/C13H25N3O2/c1-6-8-14-10(7-2)12-16-15-11(18-12)9-13(3,4)17-5/h10,14H,6-9H2,1-5H3. The highest BCUT2D eigenvalue weighted by Gasteiger charge is 2.23. The Morgan fingerprint density at radius 2 is 2.06 bits per heavy atom. The van der Waals surface area contributed by atoms with E-state index in [0.29, 0.717) is 18.2 Å². The zero-order valence-electron chi connectivity index (χ0n) is 12.1. The molecule has 1 atom stereocenters. The molecule has 104 valence electrons. The Kier molecular flexibility index (Phi) is 5.75. The van der Waals surface area contributed by atoms with E-state index in [9.17, 15) is 0 Å². The Morgan fingerprint density at radius 1 is 1.33 bits per heavy atom. The van der Waals surface area contributed by atoms with Crippen LogP contribution >= 0.6 is 0 Å². The summed E-state index contributed by atoms with van der Waals surface area (Å²) in [7, 11) is 1.69. The fraction of sp³-hybridized carbons (Fsp3) is 0.846. The van der Waals surface area contributed by atoms with Gasteiger partial charge in [0.05, 0.1) is 18.1 Å². The summed E-state index contributed by atoms with van der Waals surface area (Å²) in [6.45, 7) is 9.21. The highest BCUT2D eigenvalue weighted by molar-refractivity contribution is 4.92. The summed E-state index contributed by atoms with van der Waals surface area (Å²) in [6.07, 6.45) is 2.66. The number of aromatic nitrogens is 2. The molecule has 1 aromatic rings. The molecule has 0 aliphatic rings. The maximum absolute atomic E-state index is 5.71. The summed E-state index contributed by atoms with van der Waals surface area (Å²) in [6, 6.07) is 0.150. The number of ether oxygens (including phenoxy) is 1. The highest BCUT2D eigenvalue weighted by atomic mass is 16.5. The van der Waals surface area contributed by atoms with Crippen LogP contribution in [0.25, 0.3) is 0 Å². The zero-order chi connectivity index (χ0) is 13.6. The van der Waals surface area contributed by atoms with Gasteiger partial charge in [-0.2, -0.15) is 0 Å². The van der Waals surface area contributed by atoms with E-state index < -0.39 is 0 Å². The molecule has 1 N–H and O–H groups in total. The summed E-state index contributed by atoms with van der Waals surface area (Å²) in [4.78, 5) is 0. The van der Waals surface area contributed by atoms with Crippen LogP contribution in [0.3, 0.4) is 0 Å². The van der Waals surface area contributed by atoms with Gasteiger partial charge in [-0.15, -0.1) is 10.2 Å². The molecular formula is C13H25N3O2. The topological polar surface area (TPSA) is 60.2 Å². The lowest BCUT2D eigenvalue weighted by molar-refractivity contribution is 0.0178. The molecule has 0 bridgehead atoms. The first-order valence-electron chi connectivity index (χ1n) is 6.63. The summed E-state index contributed by atoms with van der Waals surface area (Å²) in [5.41, 5.74) is -0.275. The second-order valence-electron chi connectivity index (χ2n) is 5.09. The van der Waals surface area contributed by atoms with Gasteiger partial charge >= 0.3 is 0 Å². The average Bonchev–Trinajstić information content (AvgIpc) is 2.78. The van der Waals surface area contributed by atoms with E-state index >= 15 is 0 Å². The molecule has 0 fully saturated rings. The van der Waals surface area contributed by atoms with Crippen LogP contribution in [0.5, 0.6) is 0 Å². The van der Waals surface area contributed by atoms with Gasteiger partial charge in [0.15, 0.2) is 0 Å². The van der Waals surface area contributed by atoms with Crippen molar-refractivity contribution in [2.24, 2.45) is 0 Å². The van der Waals surface area contributed by atoms with E-state index in [1.54, 1.807) is 7.11 Å². The third-order valence-electron chi connectivity index (χ3n) is 2.96. The maximum Gasteiger partial charge on any atom is 0.233 e. The smallest absolute Gasteiger partial charge is 0.233 e. The van der Waals surface area contributed by atoms with Crippen LogP contribution in [0.15, 0.2) is 4.42 Å². The zero-order valence-corrected chi connectivity index (χ0v) is 12.1. The lowest BCUT2D eigenvalue weighted by Gasteiger charge is -2.20. The summed E-state index contributed by atoms with van der Waals surface area (Å²) < 4.78 is 11.1. The molecule has 1 rings (SSSR count). The largest absolute Gasteiger partial charge is 0.423 e. The number of rotatable bonds is 8. The third kappa shape index (κ3) is 4.38. The summed E-state index contributed by atoms with van der Waals surface area (Å²) in [5.74, 6) is 1.31. The van der Waals surface area contributed by atoms with Gasteiger partial charge in [-0.3, -0.25) is 0 Å². The number of nitrogens with one attached hydrogen (secondary N) is 1. The predicted octanol–water partition coefficient (Wildman–Crippen LogP) is 2.49. The van der Waals surface area contributed by atoms with Crippen LogP contribution in [0, 0.1) is 0 Å². The van der Waals surface area contributed by atoms with Crippen LogP contribution in [0.4, 0.5) is 0 Å². The van der Waals surface area contributed by atoms with Crippen molar-refractivity contribution in [3.8, 4) is 0 Å².